The van der Waals surface area contributed by atoms with Crippen molar-refractivity contribution in [1.82, 2.24) is 9.55 Å². The molecule has 1 heterocycles. The van der Waals surface area contributed by atoms with E-state index < -0.39 is 0 Å². The van der Waals surface area contributed by atoms with Crippen LogP contribution in [0.15, 0.2) is 40.9 Å². The third kappa shape index (κ3) is 2.05. The molecule has 0 saturated carbocycles. The number of benzene rings is 2. The Balaban J connectivity index is 2.42. The number of rotatable bonds is 1. The minimum Gasteiger partial charge on any atom is -0.330 e. The number of hydrogen-bond acceptors (Lipinski definition) is 1. The third-order valence-electron chi connectivity index (χ3n) is 3.25. The first-order valence-electron chi connectivity index (χ1n) is 6.05. The summed E-state index contributed by atoms with van der Waals surface area (Å²) in [4.78, 5) is 3.27. The van der Waals surface area contributed by atoms with Gasteiger partial charge in [0.05, 0.1) is 16.7 Å². The molecule has 0 fully saturated rings. The van der Waals surface area contributed by atoms with Crippen LogP contribution >= 0.6 is 28.1 Å². The number of aromatic amines is 1. The van der Waals surface area contributed by atoms with Crippen molar-refractivity contribution >= 4 is 39.2 Å². The van der Waals surface area contributed by atoms with Crippen LogP contribution in [0.3, 0.4) is 0 Å². The third-order valence-corrected chi connectivity index (χ3v) is 4.17. The Morgan fingerprint density at radius 1 is 1.16 bits per heavy atom. The van der Waals surface area contributed by atoms with Gasteiger partial charge in [0.1, 0.15) is 0 Å². The Bertz CT molecular complexity index is 830. The Hall–Kier alpha value is -1.39. The molecule has 0 spiro atoms. The summed E-state index contributed by atoms with van der Waals surface area (Å²) in [5.74, 6) is 0. The highest BCUT2D eigenvalue weighted by atomic mass is 79.9. The van der Waals surface area contributed by atoms with E-state index in [0.717, 1.165) is 21.2 Å². The topological polar surface area (TPSA) is 20.7 Å². The Morgan fingerprint density at radius 3 is 2.68 bits per heavy atom. The van der Waals surface area contributed by atoms with Gasteiger partial charge in [-0.05, 0) is 71.3 Å². The number of nitrogens with zero attached hydrogens (tertiary/aromatic N) is 1. The van der Waals surface area contributed by atoms with E-state index in [-0.39, 0.29) is 0 Å². The Labute approximate surface area is 125 Å². The summed E-state index contributed by atoms with van der Waals surface area (Å²) in [7, 11) is 0. The average molecular weight is 333 g/mol. The van der Waals surface area contributed by atoms with Crippen molar-refractivity contribution < 1.29 is 0 Å². The number of halogens is 1. The zero-order valence-electron chi connectivity index (χ0n) is 10.7. The van der Waals surface area contributed by atoms with Crippen LogP contribution in [0.4, 0.5) is 0 Å². The van der Waals surface area contributed by atoms with Crippen molar-refractivity contribution in [2.24, 2.45) is 0 Å². The van der Waals surface area contributed by atoms with Crippen LogP contribution < -0.4 is 0 Å². The van der Waals surface area contributed by atoms with Gasteiger partial charge in [0.15, 0.2) is 4.77 Å². The molecule has 0 radical (unpaired) electrons. The molecule has 3 rings (SSSR count). The van der Waals surface area contributed by atoms with Gasteiger partial charge in [-0.25, -0.2) is 0 Å². The molecule has 0 aliphatic rings. The highest BCUT2D eigenvalue weighted by molar-refractivity contribution is 9.10. The lowest BCUT2D eigenvalue weighted by atomic mass is 10.2. The maximum absolute atomic E-state index is 5.47. The van der Waals surface area contributed by atoms with E-state index in [1.165, 1.54) is 11.1 Å². The summed E-state index contributed by atoms with van der Waals surface area (Å²) in [6.45, 7) is 4.18. The highest BCUT2D eigenvalue weighted by Gasteiger charge is 2.11. The van der Waals surface area contributed by atoms with Crippen LogP contribution in [0.5, 0.6) is 0 Å². The molecule has 0 bridgehead atoms. The SMILES string of the molecule is Cc1ccc(-n2c(=S)[nH]c3cccc(C)c32)c(Br)c1. The molecule has 1 aromatic heterocycles. The van der Waals surface area contributed by atoms with Gasteiger partial charge in [-0.3, -0.25) is 4.57 Å². The lowest BCUT2D eigenvalue weighted by Gasteiger charge is -2.09. The molecule has 0 amide bonds. The van der Waals surface area contributed by atoms with E-state index in [4.69, 9.17) is 12.2 Å². The van der Waals surface area contributed by atoms with Crippen LogP contribution in [-0.2, 0) is 0 Å². The molecule has 0 aliphatic carbocycles. The van der Waals surface area contributed by atoms with Crippen LogP contribution in [0.25, 0.3) is 16.7 Å². The highest BCUT2D eigenvalue weighted by Crippen LogP contribution is 2.28. The molecule has 96 valence electrons. The second-order valence-corrected chi connectivity index (χ2v) is 5.93. The fourth-order valence-corrected chi connectivity index (χ4v) is 3.32. The number of para-hydroxylation sites is 1. The van der Waals surface area contributed by atoms with Crippen molar-refractivity contribution in [3.63, 3.8) is 0 Å². The first kappa shape index (κ1) is 12.6. The Morgan fingerprint density at radius 2 is 1.95 bits per heavy atom. The summed E-state index contributed by atoms with van der Waals surface area (Å²) in [5, 5.41) is 0. The van der Waals surface area contributed by atoms with Gasteiger partial charge in [0.25, 0.3) is 0 Å². The number of hydrogen-bond donors (Lipinski definition) is 1. The minimum absolute atomic E-state index is 0.717. The maximum atomic E-state index is 5.47. The number of imidazole rings is 1. The number of aromatic nitrogens is 2. The zero-order chi connectivity index (χ0) is 13.6. The second-order valence-electron chi connectivity index (χ2n) is 4.69. The van der Waals surface area contributed by atoms with Gasteiger partial charge in [-0.2, -0.15) is 0 Å². The number of nitrogens with one attached hydrogen (secondary N) is 1. The van der Waals surface area contributed by atoms with Gasteiger partial charge in [0.2, 0.25) is 0 Å². The van der Waals surface area contributed by atoms with Gasteiger partial charge >= 0.3 is 0 Å². The molecular formula is C15H13BrN2S. The van der Waals surface area contributed by atoms with Crippen molar-refractivity contribution in [2.75, 3.05) is 0 Å². The summed E-state index contributed by atoms with van der Waals surface area (Å²) in [6.07, 6.45) is 0. The zero-order valence-corrected chi connectivity index (χ0v) is 13.1. The van der Waals surface area contributed by atoms with Gasteiger partial charge in [-0.1, -0.05) is 18.2 Å². The first-order valence-corrected chi connectivity index (χ1v) is 7.25. The fraction of sp³-hybridized carbons (Fsp3) is 0.133. The van der Waals surface area contributed by atoms with Crippen LogP contribution in [0.2, 0.25) is 0 Å². The molecule has 2 aromatic carbocycles. The van der Waals surface area contributed by atoms with Crippen LogP contribution in [0, 0.1) is 18.6 Å². The second kappa shape index (κ2) is 4.62. The van der Waals surface area contributed by atoms with Crippen LogP contribution in [-0.4, -0.2) is 9.55 Å². The number of fused-ring (bicyclic) bond motifs is 1. The van der Waals surface area contributed by atoms with E-state index in [0.29, 0.717) is 4.77 Å². The first-order chi connectivity index (χ1) is 9.08. The molecule has 4 heteroatoms. The van der Waals surface area contributed by atoms with E-state index in [2.05, 4.69) is 69.7 Å². The Kier molecular flexibility index (Phi) is 3.07. The predicted octanol–water partition coefficient (Wildman–Crippen LogP) is 5.07. The number of H-pyrrole nitrogens is 1. The molecule has 19 heavy (non-hydrogen) atoms. The predicted molar refractivity (Wildman–Crippen MR) is 85.6 cm³/mol. The standard InChI is InChI=1S/C15H13BrN2S/c1-9-6-7-13(11(16)8-9)18-14-10(2)4-3-5-12(14)17-15(18)19/h3-8H,1-2H3,(H,17,19). The van der Waals surface area contributed by atoms with Gasteiger partial charge in [0, 0.05) is 4.47 Å². The van der Waals surface area contributed by atoms with Crippen molar-refractivity contribution in [3.05, 3.63) is 56.8 Å². The van der Waals surface area contributed by atoms with Crippen LogP contribution in [0.1, 0.15) is 11.1 Å². The smallest absolute Gasteiger partial charge is 0.182 e. The maximum Gasteiger partial charge on any atom is 0.182 e. The fourth-order valence-electron chi connectivity index (χ4n) is 2.35. The lowest BCUT2D eigenvalue weighted by Crippen LogP contribution is -1.97. The monoisotopic (exact) mass is 332 g/mol. The van der Waals surface area contributed by atoms with E-state index in [1.807, 2.05) is 6.07 Å². The minimum atomic E-state index is 0.717. The molecule has 0 aliphatic heterocycles. The van der Waals surface area contributed by atoms with Crippen molar-refractivity contribution in [3.8, 4) is 5.69 Å². The quantitative estimate of drug-likeness (QED) is 0.617. The lowest BCUT2D eigenvalue weighted by molar-refractivity contribution is 1.05. The summed E-state index contributed by atoms with van der Waals surface area (Å²) in [5.41, 5.74) is 5.70. The van der Waals surface area contributed by atoms with E-state index in [9.17, 15) is 0 Å². The van der Waals surface area contributed by atoms with Crippen molar-refractivity contribution in [2.45, 2.75) is 13.8 Å². The molecule has 3 aromatic rings. The summed E-state index contributed by atoms with van der Waals surface area (Å²) in [6, 6.07) is 12.5. The van der Waals surface area contributed by atoms with Crippen molar-refractivity contribution in [1.29, 1.82) is 0 Å². The summed E-state index contributed by atoms with van der Waals surface area (Å²) >= 11 is 9.11. The largest absolute Gasteiger partial charge is 0.330 e. The molecule has 0 unspecified atom stereocenters. The molecular weight excluding hydrogens is 320 g/mol. The van der Waals surface area contributed by atoms with E-state index in [1.54, 1.807) is 0 Å². The van der Waals surface area contributed by atoms with Gasteiger partial charge in [-0.15, -0.1) is 0 Å². The average Bonchev–Trinajstić information content (AvgIpc) is 2.67. The molecule has 2 nitrogen and oxygen atoms in total. The summed E-state index contributed by atoms with van der Waals surface area (Å²) < 4.78 is 3.85. The number of aryl methyl sites for hydroxylation is 2. The normalized spacial score (nSPS) is 11.1. The molecule has 1 N–H and O–H groups in total. The molecule has 0 atom stereocenters. The van der Waals surface area contributed by atoms with Gasteiger partial charge < -0.3 is 4.98 Å². The molecule has 0 saturated heterocycles. The van der Waals surface area contributed by atoms with E-state index >= 15 is 0 Å².